The fourth-order valence-corrected chi connectivity index (χ4v) is 2.88. The third-order valence-corrected chi connectivity index (χ3v) is 4.57. The van der Waals surface area contributed by atoms with Crippen LogP contribution in [0.25, 0.3) is 0 Å². The predicted octanol–water partition coefficient (Wildman–Crippen LogP) is 3.76. The molecule has 0 bridgehead atoms. The lowest BCUT2D eigenvalue weighted by Gasteiger charge is -2.42. The minimum absolute atomic E-state index is 0.0350. The van der Waals surface area contributed by atoms with E-state index in [-0.39, 0.29) is 16.6 Å². The van der Waals surface area contributed by atoms with Gasteiger partial charge in [-0.05, 0) is 24.6 Å². The van der Waals surface area contributed by atoms with Crippen molar-refractivity contribution in [3.8, 4) is 0 Å². The van der Waals surface area contributed by atoms with E-state index in [9.17, 15) is 9.18 Å². The van der Waals surface area contributed by atoms with Crippen molar-refractivity contribution in [3.63, 3.8) is 0 Å². The lowest BCUT2D eigenvalue weighted by molar-refractivity contribution is -0.130. The summed E-state index contributed by atoms with van der Waals surface area (Å²) in [5, 5.41) is 5.86. The van der Waals surface area contributed by atoms with Crippen molar-refractivity contribution in [2.45, 2.75) is 12.5 Å². The molecule has 2 aromatic rings. The van der Waals surface area contributed by atoms with Crippen LogP contribution in [0.1, 0.15) is 11.1 Å². The van der Waals surface area contributed by atoms with Crippen LogP contribution in [-0.4, -0.2) is 19.1 Å². The molecule has 25 heavy (non-hydrogen) atoms. The smallest absolute Gasteiger partial charge is 0.267 e. The number of hydrogen-bond acceptors (Lipinski definition) is 3. The largest absolute Gasteiger partial charge is 0.376 e. The van der Waals surface area contributed by atoms with E-state index < -0.39 is 11.4 Å². The molecule has 1 aliphatic heterocycles. The van der Waals surface area contributed by atoms with Crippen LogP contribution in [0.15, 0.2) is 54.7 Å². The summed E-state index contributed by atoms with van der Waals surface area (Å²) in [5.74, 6) is -0.894. The maximum absolute atomic E-state index is 13.9. The van der Waals surface area contributed by atoms with Crippen LogP contribution in [0.4, 0.5) is 10.1 Å². The van der Waals surface area contributed by atoms with Gasteiger partial charge in [0.15, 0.2) is 0 Å². The summed E-state index contributed by atoms with van der Waals surface area (Å²) in [7, 11) is 0. The Morgan fingerprint density at radius 1 is 1.24 bits per heavy atom. The number of benzene rings is 2. The van der Waals surface area contributed by atoms with Gasteiger partial charge in [-0.3, -0.25) is 4.79 Å². The first-order valence-electron chi connectivity index (χ1n) is 7.79. The van der Waals surface area contributed by atoms with Crippen molar-refractivity contribution in [2.24, 2.45) is 0 Å². The van der Waals surface area contributed by atoms with Gasteiger partial charge in [-0.2, -0.15) is 0 Å². The van der Waals surface area contributed by atoms with Gasteiger partial charge in [0.05, 0.1) is 23.9 Å². The number of anilines is 1. The Morgan fingerprint density at radius 3 is 2.52 bits per heavy atom. The number of nitrogens with one attached hydrogen (secondary N) is 2. The van der Waals surface area contributed by atoms with Gasteiger partial charge in [0.1, 0.15) is 11.4 Å². The molecule has 1 amide bonds. The first-order chi connectivity index (χ1) is 11.9. The third kappa shape index (κ3) is 3.38. The summed E-state index contributed by atoms with van der Waals surface area (Å²) < 4.78 is 19.2. The molecule has 1 fully saturated rings. The van der Waals surface area contributed by atoms with E-state index in [1.807, 2.05) is 30.3 Å². The normalized spacial score (nSPS) is 15.2. The molecular formula is C19H18ClFN2O2. The molecule has 4 nitrogen and oxygen atoms in total. The Balaban J connectivity index is 1.73. The Hall–Kier alpha value is -2.37. The van der Waals surface area contributed by atoms with Gasteiger partial charge in [0.25, 0.3) is 5.91 Å². The Bertz CT molecular complexity index is 820. The second-order valence-corrected chi connectivity index (χ2v) is 6.44. The van der Waals surface area contributed by atoms with Gasteiger partial charge in [-0.15, -0.1) is 0 Å². The topological polar surface area (TPSA) is 50.4 Å². The lowest BCUT2D eigenvalue weighted by atomic mass is 9.88. The molecule has 2 aromatic carbocycles. The van der Waals surface area contributed by atoms with Crippen molar-refractivity contribution in [1.29, 1.82) is 0 Å². The number of halogens is 2. The molecule has 2 N–H and O–H groups in total. The molecule has 0 radical (unpaired) electrons. The van der Waals surface area contributed by atoms with Gasteiger partial charge in [0.2, 0.25) is 0 Å². The molecule has 0 aliphatic carbocycles. The SMILES string of the molecule is C=C(Nc1ccc(Cl)c(F)c1C)C(=O)NC1(c2ccccc2)COC1. The fourth-order valence-electron chi connectivity index (χ4n) is 2.67. The highest BCUT2D eigenvalue weighted by atomic mass is 35.5. The summed E-state index contributed by atoms with van der Waals surface area (Å²) in [6.07, 6.45) is 0. The zero-order valence-corrected chi connectivity index (χ0v) is 14.5. The second kappa shape index (κ2) is 6.86. The number of carbonyl (C=O) groups excluding carboxylic acids is 1. The number of hydrogen-bond donors (Lipinski definition) is 2. The van der Waals surface area contributed by atoms with E-state index in [0.717, 1.165) is 5.56 Å². The number of rotatable bonds is 5. The standard InChI is InChI=1S/C19H18ClFN2O2/c1-12-16(9-8-15(20)17(12)21)22-13(2)18(24)23-19(10-25-11-19)14-6-4-3-5-7-14/h3-9,22H,2,10-11H2,1H3,(H,23,24). The average molecular weight is 361 g/mol. The fraction of sp³-hybridized carbons (Fsp3) is 0.211. The van der Waals surface area contributed by atoms with Crippen molar-refractivity contribution in [3.05, 3.63) is 76.7 Å². The molecule has 6 heteroatoms. The second-order valence-electron chi connectivity index (χ2n) is 6.03. The minimum Gasteiger partial charge on any atom is -0.376 e. The van der Waals surface area contributed by atoms with Crippen LogP contribution in [-0.2, 0) is 15.1 Å². The van der Waals surface area contributed by atoms with Crippen molar-refractivity contribution >= 4 is 23.2 Å². The quantitative estimate of drug-likeness (QED) is 0.798. The summed E-state index contributed by atoms with van der Waals surface area (Å²) in [6.45, 7) is 6.13. The van der Waals surface area contributed by atoms with Crippen LogP contribution in [0.2, 0.25) is 5.02 Å². The molecule has 0 aromatic heterocycles. The third-order valence-electron chi connectivity index (χ3n) is 4.28. The van der Waals surface area contributed by atoms with Crippen LogP contribution in [0.5, 0.6) is 0 Å². The highest BCUT2D eigenvalue weighted by molar-refractivity contribution is 6.30. The van der Waals surface area contributed by atoms with Crippen LogP contribution in [0.3, 0.4) is 0 Å². The molecule has 3 rings (SSSR count). The Kier molecular flexibility index (Phi) is 4.79. The zero-order valence-electron chi connectivity index (χ0n) is 13.7. The predicted molar refractivity (Wildman–Crippen MR) is 96.0 cm³/mol. The molecule has 1 saturated heterocycles. The van der Waals surface area contributed by atoms with Gasteiger partial charge >= 0.3 is 0 Å². The molecule has 130 valence electrons. The molecule has 0 unspecified atom stereocenters. The highest BCUT2D eigenvalue weighted by Gasteiger charge is 2.42. The molecule has 1 heterocycles. The van der Waals surface area contributed by atoms with E-state index in [2.05, 4.69) is 17.2 Å². The van der Waals surface area contributed by atoms with Crippen molar-refractivity contribution in [1.82, 2.24) is 5.32 Å². The number of carbonyl (C=O) groups is 1. The summed E-state index contributed by atoms with van der Waals surface area (Å²) in [4.78, 5) is 12.5. The molecular weight excluding hydrogens is 343 g/mol. The summed E-state index contributed by atoms with van der Waals surface area (Å²) in [5.41, 5.74) is 1.29. The number of ether oxygens (including phenoxy) is 1. The maximum atomic E-state index is 13.9. The molecule has 1 aliphatic rings. The van der Waals surface area contributed by atoms with Crippen LogP contribution < -0.4 is 10.6 Å². The zero-order chi connectivity index (χ0) is 18.0. The Labute approximate surface area is 150 Å². The Morgan fingerprint density at radius 2 is 1.92 bits per heavy atom. The molecule has 0 saturated carbocycles. The van der Waals surface area contributed by atoms with E-state index in [4.69, 9.17) is 16.3 Å². The minimum atomic E-state index is -0.566. The monoisotopic (exact) mass is 360 g/mol. The van der Waals surface area contributed by atoms with Gasteiger partial charge in [-0.25, -0.2) is 4.39 Å². The van der Waals surface area contributed by atoms with Gasteiger partial charge in [0, 0.05) is 11.3 Å². The first kappa shape index (κ1) is 17.5. The number of amides is 1. The average Bonchev–Trinajstić information content (AvgIpc) is 2.59. The molecule has 0 spiro atoms. The first-order valence-corrected chi connectivity index (χ1v) is 8.17. The van der Waals surface area contributed by atoms with E-state index in [1.54, 1.807) is 13.0 Å². The van der Waals surface area contributed by atoms with Crippen LogP contribution >= 0.6 is 11.6 Å². The van der Waals surface area contributed by atoms with Crippen molar-refractivity contribution in [2.75, 3.05) is 18.5 Å². The van der Waals surface area contributed by atoms with Gasteiger partial charge in [-0.1, -0.05) is 48.5 Å². The van der Waals surface area contributed by atoms with E-state index >= 15 is 0 Å². The summed E-state index contributed by atoms with van der Waals surface area (Å²) >= 11 is 5.75. The van der Waals surface area contributed by atoms with Crippen LogP contribution in [0, 0.1) is 12.7 Å². The lowest BCUT2D eigenvalue weighted by Crippen LogP contribution is -2.59. The highest BCUT2D eigenvalue weighted by Crippen LogP contribution is 2.30. The summed E-state index contributed by atoms with van der Waals surface area (Å²) in [6, 6.07) is 12.7. The molecule has 0 atom stereocenters. The van der Waals surface area contributed by atoms with E-state index in [1.165, 1.54) is 6.07 Å². The van der Waals surface area contributed by atoms with Gasteiger partial charge < -0.3 is 15.4 Å². The van der Waals surface area contributed by atoms with Crippen molar-refractivity contribution < 1.29 is 13.9 Å². The maximum Gasteiger partial charge on any atom is 0.267 e. The van der Waals surface area contributed by atoms with E-state index in [0.29, 0.717) is 24.5 Å².